The third-order valence-electron chi connectivity index (χ3n) is 4.44. The van der Waals surface area contributed by atoms with Crippen molar-refractivity contribution in [2.24, 2.45) is 14.1 Å². The Labute approximate surface area is 138 Å². The lowest BCUT2D eigenvalue weighted by atomic mass is 10.0. The maximum atomic E-state index is 2.30. The van der Waals surface area contributed by atoms with Crippen molar-refractivity contribution >= 4 is 0 Å². The molecule has 0 unspecified atom stereocenters. The summed E-state index contributed by atoms with van der Waals surface area (Å²) in [7, 11) is 4.25. The number of aromatic nitrogens is 2. The van der Waals surface area contributed by atoms with Gasteiger partial charge in [-0.1, -0.05) is 18.2 Å². The molecular weight excluding hydrogens is 280 g/mol. The van der Waals surface area contributed by atoms with E-state index in [0.29, 0.717) is 0 Å². The molecule has 3 aromatic rings. The SMILES string of the molecule is Cc1cc[n+](C)c(-c2cc(C)cc(-c3ccccc3C)[n+]2C)c1. The number of aryl methyl sites for hydroxylation is 4. The Balaban J connectivity index is 2.29. The molecule has 0 bridgehead atoms. The Bertz CT molecular complexity index is 879. The lowest BCUT2D eigenvalue weighted by molar-refractivity contribution is -0.685. The number of benzene rings is 1. The summed E-state index contributed by atoms with van der Waals surface area (Å²) in [5, 5.41) is 0. The van der Waals surface area contributed by atoms with Crippen molar-refractivity contribution < 1.29 is 9.13 Å². The molecule has 0 aliphatic carbocycles. The van der Waals surface area contributed by atoms with E-state index in [0.717, 1.165) is 0 Å². The van der Waals surface area contributed by atoms with Crippen molar-refractivity contribution in [3.63, 3.8) is 0 Å². The number of hydrogen-bond donors (Lipinski definition) is 0. The first kappa shape index (κ1) is 15.4. The summed E-state index contributed by atoms with van der Waals surface area (Å²) in [5.74, 6) is 0. The molecule has 0 saturated carbocycles. The van der Waals surface area contributed by atoms with E-state index in [2.05, 4.69) is 98.7 Å². The van der Waals surface area contributed by atoms with E-state index in [1.165, 1.54) is 39.3 Å². The minimum atomic E-state index is 1.23. The average Bonchev–Trinajstić information content (AvgIpc) is 2.52. The molecule has 0 atom stereocenters. The molecule has 2 nitrogen and oxygen atoms in total. The summed E-state index contributed by atoms with van der Waals surface area (Å²) in [6, 6.07) is 17.5. The molecular formula is C21H24N2+2. The first-order valence-corrected chi connectivity index (χ1v) is 8.00. The van der Waals surface area contributed by atoms with E-state index in [4.69, 9.17) is 0 Å². The van der Waals surface area contributed by atoms with Crippen LogP contribution in [0.5, 0.6) is 0 Å². The zero-order chi connectivity index (χ0) is 16.6. The summed E-state index contributed by atoms with van der Waals surface area (Å²) in [5.41, 5.74) is 8.85. The standard InChI is InChI=1S/C21H24N2/c1-15-10-11-22(4)20(12-15)21-14-16(2)13-19(23(21)5)18-9-7-6-8-17(18)3/h6-14H,1-5H3/q+2. The van der Waals surface area contributed by atoms with Gasteiger partial charge in [0.1, 0.15) is 14.1 Å². The van der Waals surface area contributed by atoms with Crippen molar-refractivity contribution in [3.05, 3.63) is 71.4 Å². The van der Waals surface area contributed by atoms with Crippen LogP contribution < -0.4 is 9.13 Å². The van der Waals surface area contributed by atoms with Crippen molar-refractivity contribution in [1.29, 1.82) is 0 Å². The molecule has 2 aromatic heterocycles. The highest BCUT2D eigenvalue weighted by atomic mass is 15.0. The zero-order valence-corrected chi connectivity index (χ0v) is 14.6. The smallest absolute Gasteiger partial charge is 0.196 e. The minimum Gasteiger partial charge on any atom is -0.196 e. The highest BCUT2D eigenvalue weighted by molar-refractivity contribution is 5.63. The molecule has 2 heteroatoms. The lowest BCUT2D eigenvalue weighted by Crippen LogP contribution is -2.40. The summed E-state index contributed by atoms with van der Waals surface area (Å²) in [6.07, 6.45) is 2.13. The second-order valence-corrected chi connectivity index (χ2v) is 6.38. The second-order valence-electron chi connectivity index (χ2n) is 6.38. The summed E-state index contributed by atoms with van der Waals surface area (Å²) >= 11 is 0. The van der Waals surface area contributed by atoms with Crippen molar-refractivity contribution in [1.82, 2.24) is 0 Å². The molecule has 0 spiro atoms. The first-order valence-electron chi connectivity index (χ1n) is 8.00. The minimum absolute atomic E-state index is 1.23. The highest BCUT2D eigenvalue weighted by Gasteiger charge is 2.24. The lowest BCUT2D eigenvalue weighted by Gasteiger charge is -2.08. The van der Waals surface area contributed by atoms with Gasteiger partial charge in [0.25, 0.3) is 11.4 Å². The van der Waals surface area contributed by atoms with Gasteiger partial charge in [0.15, 0.2) is 6.20 Å². The Hall–Kier alpha value is -2.48. The van der Waals surface area contributed by atoms with Crippen LogP contribution in [0.15, 0.2) is 54.7 Å². The van der Waals surface area contributed by atoms with Gasteiger partial charge >= 0.3 is 0 Å². The Morgan fingerprint density at radius 3 is 2.09 bits per heavy atom. The van der Waals surface area contributed by atoms with Gasteiger partial charge in [-0.2, -0.15) is 9.13 Å². The van der Waals surface area contributed by atoms with Crippen molar-refractivity contribution in [3.8, 4) is 22.6 Å². The molecule has 0 radical (unpaired) electrons. The predicted octanol–water partition coefficient (Wildman–Crippen LogP) is 3.59. The van der Waals surface area contributed by atoms with Crippen LogP contribution in [0, 0.1) is 20.8 Å². The van der Waals surface area contributed by atoms with Crippen LogP contribution >= 0.6 is 0 Å². The van der Waals surface area contributed by atoms with Gasteiger partial charge in [-0.25, -0.2) is 0 Å². The molecule has 0 amide bonds. The molecule has 0 saturated heterocycles. The quantitative estimate of drug-likeness (QED) is 0.639. The van der Waals surface area contributed by atoms with Crippen LogP contribution in [0.25, 0.3) is 22.6 Å². The van der Waals surface area contributed by atoms with Gasteiger partial charge in [-0.3, -0.25) is 0 Å². The number of nitrogens with zero attached hydrogens (tertiary/aromatic N) is 2. The molecule has 116 valence electrons. The van der Waals surface area contributed by atoms with Crippen LogP contribution in [0.4, 0.5) is 0 Å². The van der Waals surface area contributed by atoms with Crippen LogP contribution in [0.3, 0.4) is 0 Å². The maximum Gasteiger partial charge on any atom is 0.277 e. The van der Waals surface area contributed by atoms with Crippen LogP contribution in [0.1, 0.15) is 16.7 Å². The fourth-order valence-corrected chi connectivity index (χ4v) is 3.09. The Morgan fingerprint density at radius 2 is 1.35 bits per heavy atom. The van der Waals surface area contributed by atoms with Gasteiger partial charge in [0, 0.05) is 29.8 Å². The van der Waals surface area contributed by atoms with E-state index in [1.54, 1.807) is 0 Å². The number of pyridine rings is 2. The number of rotatable bonds is 2. The monoisotopic (exact) mass is 304 g/mol. The van der Waals surface area contributed by atoms with Gasteiger partial charge in [0.2, 0.25) is 5.69 Å². The van der Waals surface area contributed by atoms with E-state index in [-0.39, 0.29) is 0 Å². The van der Waals surface area contributed by atoms with Gasteiger partial charge in [0.05, 0.1) is 0 Å². The molecule has 23 heavy (non-hydrogen) atoms. The first-order chi connectivity index (χ1) is 11.0. The molecule has 2 heterocycles. The molecule has 0 fully saturated rings. The fourth-order valence-electron chi connectivity index (χ4n) is 3.09. The summed E-state index contributed by atoms with van der Waals surface area (Å²) in [6.45, 7) is 6.48. The van der Waals surface area contributed by atoms with Crippen LogP contribution in [-0.2, 0) is 14.1 Å². The maximum absolute atomic E-state index is 2.30. The van der Waals surface area contributed by atoms with Crippen molar-refractivity contribution in [2.75, 3.05) is 0 Å². The Kier molecular flexibility index (Phi) is 3.99. The van der Waals surface area contributed by atoms with Gasteiger partial charge < -0.3 is 0 Å². The van der Waals surface area contributed by atoms with Crippen LogP contribution in [0.2, 0.25) is 0 Å². The zero-order valence-electron chi connectivity index (χ0n) is 14.6. The van der Waals surface area contributed by atoms with Gasteiger partial charge in [-0.15, -0.1) is 0 Å². The largest absolute Gasteiger partial charge is 0.277 e. The highest BCUT2D eigenvalue weighted by Crippen LogP contribution is 2.24. The van der Waals surface area contributed by atoms with Gasteiger partial charge in [-0.05, 0) is 43.5 Å². The molecule has 1 aromatic carbocycles. The van der Waals surface area contributed by atoms with E-state index < -0.39 is 0 Å². The van der Waals surface area contributed by atoms with Crippen LogP contribution in [-0.4, -0.2) is 0 Å². The molecule has 0 N–H and O–H groups in total. The molecule has 0 aliphatic rings. The fraction of sp³-hybridized carbons (Fsp3) is 0.238. The molecule has 0 aliphatic heterocycles. The van der Waals surface area contributed by atoms with E-state index in [9.17, 15) is 0 Å². The third-order valence-corrected chi connectivity index (χ3v) is 4.44. The van der Waals surface area contributed by atoms with E-state index >= 15 is 0 Å². The molecule has 3 rings (SSSR count). The normalized spacial score (nSPS) is 10.8. The second kappa shape index (κ2) is 5.96. The summed E-state index contributed by atoms with van der Waals surface area (Å²) in [4.78, 5) is 0. The van der Waals surface area contributed by atoms with Crippen molar-refractivity contribution in [2.45, 2.75) is 20.8 Å². The Morgan fingerprint density at radius 1 is 0.696 bits per heavy atom. The number of hydrogen-bond acceptors (Lipinski definition) is 0. The average molecular weight is 304 g/mol. The topological polar surface area (TPSA) is 7.76 Å². The predicted molar refractivity (Wildman–Crippen MR) is 93.9 cm³/mol. The summed E-state index contributed by atoms with van der Waals surface area (Å²) < 4.78 is 4.48. The van der Waals surface area contributed by atoms with E-state index in [1.807, 2.05) is 0 Å². The third kappa shape index (κ3) is 2.89.